The number of aromatic carboxylic acids is 1. The fourth-order valence-electron chi connectivity index (χ4n) is 1.93. The van der Waals surface area contributed by atoms with Gasteiger partial charge in [0.25, 0.3) is 0 Å². The Bertz CT molecular complexity index is 683. The van der Waals surface area contributed by atoms with E-state index in [9.17, 15) is 9.59 Å². The maximum atomic E-state index is 12.2. The van der Waals surface area contributed by atoms with E-state index in [1.165, 1.54) is 11.0 Å². The largest absolute Gasteiger partial charge is 0.478 e. The lowest BCUT2D eigenvalue weighted by atomic mass is 10.2. The van der Waals surface area contributed by atoms with Gasteiger partial charge in [0, 0.05) is 12.7 Å². The zero-order valence-corrected chi connectivity index (χ0v) is 11.8. The Morgan fingerprint density at radius 3 is 2.48 bits per heavy atom. The Morgan fingerprint density at radius 2 is 1.81 bits per heavy atom. The first-order chi connectivity index (χ1) is 9.99. The Labute approximate surface area is 122 Å². The highest BCUT2D eigenvalue weighted by Gasteiger charge is 2.15. The molecule has 0 bridgehead atoms. The molecular formula is C16H16N2O3. The second-order valence-corrected chi connectivity index (χ2v) is 4.68. The van der Waals surface area contributed by atoms with Crippen LogP contribution in [-0.4, -0.2) is 24.2 Å². The number of carbonyl (C=O) groups excluding carboxylic acids is 1. The van der Waals surface area contributed by atoms with E-state index in [-0.39, 0.29) is 11.3 Å². The summed E-state index contributed by atoms with van der Waals surface area (Å²) in [6, 6.07) is 13.4. The van der Waals surface area contributed by atoms with E-state index < -0.39 is 12.0 Å². The molecular weight excluding hydrogens is 268 g/mol. The predicted octanol–water partition coefficient (Wildman–Crippen LogP) is 3.36. The highest BCUT2D eigenvalue weighted by molar-refractivity contribution is 6.05. The van der Waals surface area contributed by atoms with E-state index in [1.807, 2.05) is 31.2 Å². The van der Waals surface area contributed by atoms with Crippen LogP contribution in [0, 0.1) is 6.92 Å². The summed E-state index contributed by atoms with van der Waals surface area (Å²) in [5, 5.41) is 11.7. The number of aryl methyl sites for hydroxylation is 1. The second kappa shape index (κ2) is 6.09. The van der Waals surface area contributed by atoms with Gasteiger partial charge in [0.15, 0.2) is 0 Å². The third kappa shape index (κ3) is 3.39. The van der Waals surface area contributed by atoms with E-state index in [0.29, 0.717) is 0 Å². The van der Waals surface area contributed by atoms with Crippen LogP contribution in [0.2, 0.25) is 0 Å². The van der Waals surface area contributed by atoms with Crippen molar-refractivity contribution in [3.63, 3.8) is 0 Å². The number of nitrogens with zero attached hydrogens (tertiary/aromatic N) is 1. The van der Waals surface area contributed by atoms with Crippen molar-refractivity contribution < 1.29 is 14.7 Å². The first-order valence-electron chi connectivity index (χ1n) is 6.42. The quantitative estimate of drug-likeness (QED) is 0.908. The Hall–Kier alpha value is -2.82. The molecule has 108 valence electrons. The smallest absolute Gasteiger partial charge is 0.337 e. The molecule has 2 aromatic rings. The van der Waals surface area contributed by atoms with Gasteiger partial charge in [0.2, 0.25) is 0 Å². The average Bonchev–Trinajstić information content (AvgIpc) is 2.46. The van der Waals surface area contributed by atoms with E-state index >= 15 is 0 Å². The second-order valence-electron chi connectivity index (χ2n) is 4.68. The minimum atomic E-state index is -1.08. The van der Waals surface area contributed by atoms with Gasteiger partial charge in [0.1, 0.15) is 0 Å². The van der Waals surface area contributed by atoms with Crippen molar-refractivity contribution in [3.05, 3.63) is 59.7 Å². The van der Waals surface area contributed by atoms with E-state index in [1.54, 1.807) is 25.2 Å². The van der Waals surface area contributed by atoms with Crippen LogP contribution in [0.1, 0.15) is 15.9 Å². The molecule has 0 radical (unpaired) electrons. The van der Waals surface area contributed by atoms with Gasteiger partial charge < -0.3 is 10.4 Å². The number of hydrogen-bond donors (Lipinski definition) is 2. The Balaban J connectivity index is 2.20. The fourth-order valence-corrected chi connectivity index (χ4v) is 1.93. The van der Waals surface area contributed by atoms with E-state index in [2.05, 4.69) is 5.32 Å². The maximum Gasteiger partial charge on any atom is 0.337 e. The molecule has 0 fully saturated rings. The lowest BCUT2D eigenvalue weighted by Gasteiger charge is -2.19. The third-order valence-corrected chi connectivity index (χ3v) is 3.09. The van der Waals surface area contributed by atoms with Crippen LogP contribution >= 0.6 is 0 Å². The molecule has 0 heterocycles. The minimum Gasteiger partial charge on any atom is -0.478 e. The maximum absolute atomic E-state index is 12.2. The molecule has 21 heavy (non-hydrogen) atoms. The normalized spacial score (nSPS) is 10.0. The highest BCUT2D eigenvalue weighted by atomic mass is 16.4. The number of anilines is 2. The van der Waals surface area contributed by atoms with Gasteiger partial charge in [-0.25, -0.2) is 9.59 Å². The van der Waals surface area contributed by atoms with Crippen molar-refractivity contribution in [2.24, 2.45) is 0 Å². The van der Waals surface area contributed by atoms with Crippen LogP contribution in [0.5, 0.6) is 0 Å². The number of rotatable bonds is 3. The molecule has 0 atom stereocenters. The van der Waals surface area contributed by atoms with Crippen LogP contribution < -0.4 is 10.2 Å². The van der Waals surface area contributed by atoms with Gasteiger partial charge in [-0.2, -0.15) is 0 Å². The van der Waals surface area contributed by atoms with Crippen LogP contribution in [0.25, 0.3) is 0 Å². The topological polar surface area (TPSA) is 69.6 Å². The SMILES string of the molecule is Cc1cccc(N(C)C(=O)Nc2ccccc2C(=O)O)c1. The fraction of sp³-hybridized carbons (Fsp3) is 0.125. The van der Waals surface area contributed by atoms with Gasteiger partial charge >= 0.3 is 12.0 Å². The zero-order valence-electron chi connectivity index (χ0n) is 11.8. The van der Waals surface area contributed by atoms with Gasteiger partial charge in [0.05, 0.1) is 11.3 Å². The molecule has 5 heteroatoms. The monoisotopic (exact) mass is 284 g/mol. The zero-order chi connectivity index (χ0) is 15.4. The number of nitrogens with one attached hydrogen (secondary N) is 1. The molecule has 0 spiro atoms. The molecule has 0 saturated heterocycles. The summed E-state index contributed by atoms with van der Waals surface area (Å²) in [5.41, 5.74) is 2.11. The molecule has 0 aromatic heterocycles. The first kappa shape index (κ1) is 14.6. The summed E-state index contributed by atoms with van der Waals surface area (Å²) < 4.78 is 0. The third-order valence-electron chi connectivity index (χ3n) is 3.09. The molecule has 0 unspecified atom stereocenters. The Kier molecular flexibility index (Phi) is 4.23. The minimum absolute atomic E-state index is 0.0588. The van der Waals surface area contributed by atoms with Crippen LogP contribution in [0.3, 0.4) is 0 Å². The lowest BCUT2D eigenvalue weighted by molar-refractivity contribution is 0.0698. The molecule has 2 rings (SSSR count). The van der Waals surface area contributed by atoms with Crippen molar-refractivity contribution in [1.82, 2.24) is 0 Å². The van der Waals surface area contributed by atoms with Gasteiger partial charge in [-0.05, 0) is 36.8 Å². The number of benzene rings is 2. The number of carboxylic acid groups (broad SMARTS) is 1. The van der Waals surface area contributed by atoms with Crippen molar-refractivity contribution >= 4 is 23.4 Å². The van der Waals surface area contributed by atoms with Crippen molar-refractivity contribution in [2.75, 3.05) is 17.3 Å². The summed E-state index contributed by atoms with van der Waals surface area (Å²) >= 11 is 0. The molecule has 2 aromatic carbocycles. The average molecular weight is 284 g/mol. The van der Waals surface area contributed by atoms with E-state index in [0.717, 1.165) is 11.3 Å². The number of para-hydroxylation sites is 1. The number of hydrogen-bond acceptors (Lipinski definition) is 2. The summed E-state index contributed by atoms with van der Waals surface area (Å²) in [4.78, 5) is 24.8. The standard InChI is InChI=1S/C16H16N2O3/c1-11-6-5-7-12(10-11)18(2)16(21)17-14-9-4-3-8-13(14)15(19)20/h3-10H,1-2H3,(H,17,21)(H,19,20). The Morgan fingerprint density at radius 1 is 1.10 bits per heavy atom. The highest BCUT2D eigenvalue weighted by Crippen LogP contribution is 2.18. The van der Waals surface area contributed by atoms with Crippen molar-refractivity contribution in [3.8, 4) is 0 Å². The van der Waals surface area contributed by atoms with Gasteiger partial charge in [-0.3, -0.25) is 4.90 Å². The first-order valence-corrected chi connectivity index (χ1v) is 6.42. The number of carboxylic acids is 1. The van der Waals surface area contributed by atoms with Gasteiger partial charge in [-0.1, -0.05) is 24.3 Å². The predicted molar refractivity (Wildman–Crippen MR) is 82.0 cm³/mol. The molecule has 0 saturated carbocycles. The van der Waals surface area contributed by atoms with Crippen LogP contribution in [0.4, 0.5) is 16.2 Å². The number of amides is 2. The molecule has 2 N–H and O–H groups in total. The van der Waals surface area contributed by atoms with E-state index in [4.69, 9.17) is 5.11 Å². The lowest BCUT2D eigenvalue weighted by Crippen LogP contribution is -2.31. The molecule has 5 nitrogen and oxygen atoms in total. The summed E-state index contributed by atoms with van der Waals surface area (Å²) in [7, 11) is 1.63. The van der Waals surface area contributed by atoms with Crippen molar-refractivity contribution in [1.29, 1.82) is 0 Å². The molecule has 2 amide bonds. The summed E-state index contributed by atoms with van der Waals surface area (Å²) in [6.07, 6.45) is 0. The summed E-state index contributed by atoms with van der Waals surface area (Å²) in [6.45, 7) is 1.94. The molecule has 0 aliphatic carbocycles. The van der Waals surface area contributed by atoms with Crippen molar-refractivity contribution in [2.45, 2.75) is 6.92 Å². The summed E-state index contributed by atoms with van der Waals surface area (Å²) in [5.74, 6) is -1.08. The number of urea groups is 1. The molecule has 0 aliphatic rings. The van der Waals surface area contributed by atoms with Gasteiger partial charge in [-0.15, -0.1) is 0 Å². The number of carbonyl (C=O) groups is 2. The van der Waals surface area contributed by atoms with Crippen LogP contribution in [-0.2, 0) is 0 Å². The molecule has 0 aliphatic heterocycles. The van der Waals surface area contributed by atoms with Crippen LogP contribution in [0.15, 0.2) is 48.5 Å².